The lowest BCUT2D eigenvalue weighted by atomic mass is 10.1. The third-order valence-electron chi connectivity index (χ3n) is 2.66. The summed E-state index contributed by atoms with van der Waals surface area (Å²) in [5.41, 5.74) is 1.45. The smallest absolute Gasteiger partial charge is 0.343 e. The first-order chi connectivity index (χ1) is 9.08. The van der Waals surface area contributed by atoms with Gasteiger partial charge in [0.15, 0.2) is 5.16 Å². The number of nitrogens with one attached hydrogen (secondary N) is 1. The maximum atomic E-state index is 11.2. The molecule has 0 unspecified atom stereocenters. The molecule has 0 saturated heterocycles. The van der Waals surface area contributed by atoms with Crippen LogP contribution < -0.4 is 5.69 Å². The van der Waals surface area contributed by atoms with Gasteiger partial charge in [0, 0.05) is 12.8 Å². The summed E-state index contributed by atoms with van der Waals surface area (Å²) >= 11 is 1.39. The van der Waals surface area contributed by atoms with Crippen LogP contribution in [-0.2, 0) is 24.0 Å². The molecule has 0 fully saturated rings. The van der Waals surface area contributed by atoms with Crippen LogP contribution in [0.3, 0.4) is 0 Å². The zero-order valence-corrected chi connectivity index (χ0v) is 11.1. The molecular weight excluding hydrogens is 266 g/mol. The number of aromatic nitrogens is 3. The van der Waals surface area contributed by atoms with E-state index in [9.17, 15) is 9.59 Å². The maximum absolute atomic E-state index is 11.2. The van der Waals surface area contributed by atoms with Crippen LogP contribution in [0.4, 0.5) is 0 Å². The largest absolute Gasteiger partial charge is 0.481 e. The highest BCUT2D eigenvalue weighted by atomic mass is 32.2. The standard InChI is InChI=1S/C12H13N3O3S/c1-15-11(18)13-14-12(15)19-7-9-5-3-2-4-8(9)6-10(16)17/h2-5H,6-7H2,1H3,(H,13,18)(H,16,17). The number of carboxylic acid groups (broad SMARTS) is 1. The molecule has 2 aromatic rings. The minimum atomic E-state index is -0.857. The maximum Gasteiger partial charge on any atom is 0.343 e. The van der Waals surface area contributed by atoms with Crippen molar-refractivity contribution in [3.8, 4) is 0 Å². The molecule has 0 bridgehead atoms. The van der Waals surface area contributed by atoms with E-state index in [1.165, 1.54) is 16.3 Å². The van der Waals surface area contributed by atoms with Gasteiger partial charge in [0.2, 0.25) is 0 Å². The topological polar surface area (TPSA) is 88.0 Å². The molecule has 6 nitrogen and oxygen atoms in total. The van der Waals surface area contributed by atoms with Crippen LogP contribution in [0.5, 0.6) is 0 Å². The van der Waals surface area contributed by atoms with Crippen molar-refractivity contribution in [3.63, 3.8) is 0 Å². The van der Waals surface area contributed by atoms with Crippen molar-refractivity contribution in [2.75, 3.05) is 0 Å². The van der Waals surface area contributed by atoms with Crippen molar-refractivity contribution in [2.45, 2.75) is 17.3 Å². The van der Waals surface area contributed by atoms with Crippen molar-refractivity contribution in [1.29, 1.82) is 0 Å². The first kappa shape index (κ1) is 13.4. The fourth-order valence-electron chi connectivity index (χ4n) is 1.64. The van der Waals surface area contributed by atoms with Gasteiger partial charge in [-0.15, -0.1) is 5.10 Å². The minimum Gasteiger partial charge on any atom is -0.481 e. The molecule has 19 heavy (non-hydrogen) atoms. The fraction of sp³-hybridized carbons (Fsp3) is 0.250. The summed E-state index contributed by atoms with van der Waals surface area (Å²) in [6.45, 7) is 0. The number of hydrogen-bond donors (Lipinski definition) is 2. The van der Waals surface area contributed by atoms with Crippen LogP contribution in [-0.4, -0.2) is 25.8 Å². The highest BCUT2D eigenvalue weighted by molar-refractivity contribution is 7.98. The number of aliphatic carboxylic acids is 1. The van der Waals surface area contributed by atoms with Gasteiger partial charge in [0.25, 0.3) is 0 Å². The van der Waals surface area contributed by atoms with Gasteiger partial charge >= 0.3 is 11.7 Å². The molecule has 0 aliphatic rings. The van der Waals surface area contributed by atoms with Crippen molar-refractivity contribution in [1.82, 2.24) is 14.8 Å². The number of carboxylic acids is 1. The van der Waals surface area contributed by atoms with E-state index < -0.39 is 5.97 Å². The lowest BCUT2D eigenvalue weighted by Crippen LogP contribution is -2.12. The summed E-state index contributed by atoms with van der Waals surface area (Å²) in [6, 6.07) is 7.37. The van der Waals surface area contributed by atoms with E-state index in [2.05, 4.69) is 10.2 Å². The Morgan fingerprint density at radius 1 is 1.42 bits per heavy atom. The number of H-pyrrole nitrogens is 1. The van der Waals surface area contributed by atoms with Gasteiger partial charge in [-0.25, -0.2) is 9.89 Å². The normalized spacial score (nSPS) is 10.6. The number of nitrogens with zero attached hydrogens (tertiary/aromatic N) is 2. The van der Waals surface area contributed by atoms with Crippen LogP contribution >= 0.6 is 11.8 Å². The number of rotatable bonds is 5. The van der Waals surface area contributed by atoms with Gasteiger partial charge in [-0.1, -0.05) is 36.0 Å². The van der Waals surface area contributed by atoms with Gasteiger partial charge in [0.1, 0.15) is 0 Å². The van der Waals surface area contributed by atoms with E-state index in [0.717, 1.165) is 11.1 Å². The summed E-state index contributed by atoms with van der Waals surface area (Å²) in [5.74, 6) is -0.286. The molecule has 0 radical (unpaired) electrons. The fourth-order valence-corrected chi connectivity index (χ4v) is 2.59. The Morgan fingerprint density at radius 2 is 2.11 bits per heavy atom. The van der Waals surface area contributed by atoms with Crippen molar-refractivity contribution in [3.05, 3.63) is 45.9 Å². The number of hydrogen-bond acceptors (Lipinski definition) is 4. The molecule has 1 heterocycles. The van der Waals surface area contributed by atoms with Gasteiger partial charge in [-0.05, 0) is 11.1 Å². The van der Waals surface area contributed by atoms with Crippen LogP contribution in [0, 0.1) is 0 Å². The molecule has 1 aromatic carbocycles. The van der Waals surface area contributed by atoms with Crippen molar-refractivity contribution < 1.29 is 9.90 Å². The molecule has 1 aromatic heterocycles. The molecule has 0 amide bonds. The Morgan fingerprint density at radius 3 is 2.68 bits per heavy atom. The molecule has 0 aliphatic heterocycles. The first-order valence-corrected chi connectivity index (χ1v) is 6.59. The molecule has 7 heteroatoms. The molecule has 2 rings (SSSR count). The van der Waals surface area contributed by atoms with Gasteiger partial charge in [0.05, 0.1) is 6.42 Å². The average molecular weight is 279 g/mol. The van der Waals surface area contributed by atoms with Crippen molar-refractivity contribution in [2.24, 2.45) is 7.05 Å². The number of aromatic amines is 1. The quantitative estimate of drug-likeness (QED) is 0.798. The molecule has 0 spiro atoms. The summed E-state index contributed by atoms with van der Waals surface area (Å²) in [7, 11) is 1.64. The Balaban J connectivity index is 2.13. The second-order valence-corrected chi connectivity index (χ2v) is 4.94. The van der Waals surface area contributed by atoms with E-state index in [1.54, 1.807) is 13.1 Å². The third kappa shape index (κ3) is 3.25. The predicted octanol–water partition coefficient (Wildman–Crippen LogP) is 1.03. The second kappa shape index (κ2) is 5.75. The summed E-state index contributed by atoms with van der Waals surface area (Å²) < 4.78 is 1.42. The molecule has 2 N–H and O–H groups in total. The predicted molar refractivity (Wildman–Crippen MR) is 71.2 cm³/mol. The van der Waals surface area contributed by atoms with Crippen molar-refractivity contribution >= 4 is 17.7 Å². The molecule has 0 atom stereocenters. The van der Waals surface area contributed by atoms with E-state index in [0.29, 0.717) is 10.9 Å². The first-order valence-electron chi connectivity index (χ1n) is 5.60. The summed E-state index contributed by atoms with van der Waals surface area (Å²) in [6.07, 6.45) is -0.00374. The van der Waals surface area contributed by atoms with Crippen LogP contribution in [0.1, 0.15) is 11.1 Å². The zero-order valence-electron chi connectivity index (χ0n) is 10.3. The van der Waals surface area contributed by atoms with Gasteiger partial charge in [-0.2, -0.15) is 0 Å². The highest BCUT2D eigenvalue weighted by Crippen LogP contribution is 2.21. The Labute approximate surface area is 113 Å². The van der Waals surface area contributed by atoms with Gasteiger partial charge in [-0.3, -0.25) is 9.36 Å². The molecular formula is C12H13N3O3S. The van der Waals surface area contributed by atoms with Gasteiger partial charge < -0.3 is 5.11 Å². The van der Waals surface area contributed by atoms with Crippen LogP contribution in [0.15, 0.2) is 34.2 Å². The van der Waals surface area contributed by atoms with E-state index in [1.807, 2.05) is 18.2 Å². The molecule has 100 valence electrons. The van der Waals surface area contributed by atoms with Crippen LogP contribution in [0.2, 0.25) is 0 Å². The monoisotopic (exact) mass is 279 g/mol. The number of carbonyl (C=O) groups is 1. The third-order valence-corrected chi connectivity index (χ3v) is 3.73. The number of benzene rings is 1. The van der Waals surface area contributed by atoms with E-state index in [4.69, 9.17) is 5.11 Å². The number of thioether (sulfide) groups is 1. The Bertz CT molecular complexity index is 648. The summed E-state index contributed by atoms with van der Waals surface area (Å²) in [4.78, 5) is 22.0. The lowest BCUT2D eigenvalue weighted by molar-refractivity contribution is -0.136. The zero-order chi connectivity index (χ0) is 13.8. The van der Waals surface area contributed by atoms with Crippen LogP contribution in [0.25, 0.3) is 0 Å². The van der Waals surface area contributed by atoms with E-state index in [-0.39, 0.29) is 12.1 Å². The highest BCUT2D eigenvalue weighted by Gasteiger charge is 2.09. The average Bonchev–Trinajstić information content (AvgIpc) is 2.68. The summed E-state index contributed by atoms with van der Waals surface area (Å²) in [5, 5.41) is 15.7. The minimum absolute atomic E-state index is 0.00374. The lowest BCUT2D eigenvalue weighted by Gasteiger charge is -2.06. The Hall–Kier alpha value is -2.02. The Kier molecular flexibility index (Phi) is 4.06. The second-order valence-electron chi connectivity index (χ2n) is 4.00. The molecule has 0 saturated carbocycles. The van der Waals surface area contributed by atoms with E-state index >= 15 is 0 Å². The molecule has 0 aliphatic carbocycles. The SMILES string of the molecule is Cn1c(SCc2ccccc2CC(=O)O)n[nH]c1=O.